The van der Waals surface area contributed by atoms with E-state index in [0.29, 0.717) is 11.5 Å². The highest BCUT2D eigenvalue weighted by atomic mass is 32.1. The maximum absolute atomic E-state index is 14.0. The molecule has 4 nitrogen and oxygen atoms in total. The number of benzene rings is 2. The molecule has 2 aromatic carbocycles. The highest BCUT2D eigenvalue weighted by Crippen LogP contribution is 2.30. The zero-order valence-electron chi connectivity index (χ0n) is 16.8. The van der Waals surface area contributed by atoms with Crippen LogP contribution in [0.15, 0.2) is 24.3 Å². The Kier molecular flexibility index (Phi) is 6.78. The first-order valence-corrected chi connectivity index (χ1v) is 9.99. The van der Waals surface area contributed by atoms with Gasteiger partial charge >= 0.3 is 0 Å². The van der Waals surface area contributed by atoms with Gasteiger partial charge in [-0.25, -0.2) is 22.0 Å². The van der Waals surface area contributed by atoms with Crippen molar-refractivity contribution in [3.05, 3.63) is 64.5 Å². The van der Waals surface area contributed by atoms with E-state index in [9.17, 15) is 26.7 Å². The van der Waals surface area contributed by atoms with Crippen molar-refractivity contribution in [2.45, 2.75) is 19.8 Å². The Morgan fingerprint density at radius 1 is 0.871 bits per heavy atom. The van der Waals surface area contributed by atoms with E-state index in [0.717, 1.165) is 10.5 Å². The third-order valence-corrected chi connectivity index (χ3v) is 5.49. The van der Waals surface area contributed by atoms with Crippen LogP contribution in [0.2, 0.25) is 0 Å². The Balaban J connectivity index is 1.63. The molecule has 1 fully saturated rings. The molecule has 166 valence electrons. The summed E-state index contributed by atoms with van der Waals surface area (Å²) in [7, 11) is 0. The van der Waals surface area contributed by atoms with E-state index in [4.69, 9.17) is 12.2 Å². The molecular weight excluding hydrogens is 437 g/mol. The van der Waals surface area contributed by atoms with Crippen molar-refractivity contribution < 1.29 is 26.7 Å². The summed E-state index contributed by atoms with van der Waals surface area (Å²) in [6.45, 7) is 4.25. The minimum Gasteiger partial charge on any atom is -0.363 e. The van der Waals surface area contributed by atoms with Crippen LogP contribution in [0.1, 0.15) is 35.7 Å². The quantitative estimate of drug-likeness (QED) is 0.322. The van der Waals surface area contributed by atoms with Crippen molar-refractivity contribution >= 4 is 28.9 Å². The third-order valence-electron chi connectivity index (χ3n) is 5.13. The molecule has 1 N–H and O–H groups in total. The van der Waals surface area contributed by atoms with E-state index in [-0.39, 0.29) is 31.3 Å². The van der Waals surface area contributed by atoms with E-state index in [1.54, 1.807) is 17.0 Å². The molecule has 1 amide bonds. The lowest BCUT2D eigenvalue weighted by Gasteiger charge is -2.37. The average Bonchev–Trinajstić information content (AvgIpc) is 2.77. The minimum atomic E-state index is -2.19. The third kappa shape index (κ3) is 4.63. The fraction of sp³-hybridized carbons (Fsp3) is 0.333. The number of thiocarbonyl (C=S) groups is 1. The summed E-state index contributed by atoms with van der Waals surface area (Å²) in [5.74, 6) is -9.97. The standard InChI is InChI=1S/C21H20F5N3OS/c1-11(2)12-3-5-13(6-4-12)20(30)27-21(31)29-9-7-28(8-10-29)19-17(25)15(23)14(22)16(24)18(19)26/h3-6,11H,7-10H2,1-2H3,(H,27,30,31). The van der Waals surface area contributed by atoms with E-state index in [1.807, 2.05) is 26.0 Å². The number of hydrogen-bond donors (Lipinski definition) is 1. The Hall–Kier alpha value is -2.75. The van der Waals surface area contributed by atoms with Gasteiger partial charge in [0.1, 0.15) is 5.69 Å². The first kappa shape index (κ1) is 22.9. The monoisotopic (exact) mass is 457 g/mol. The first-order chi connectivity index (χ1) is 14.6. The maximum Gasteiger partial charge on any atom is 0.257 e. The molecular formula is C21H20F5N3OS. The zero-order chi connectivity index (χ0) is 22.9. The fourth-order valence-electron chi connectivity index (χ4n) is 3.27. The highest BCUT2D eigenvalue weighted by molar-refractivity contribution is 7.80. The summed E-state index contributed by atoms with van der Waals surface area (Å²) in [5.41, 5.74) is 0.548. The summed E-state index contributed by atoms with van der Waals surface area (Å²) >= 11 is 5.24. The number of rotatable bonds is 3. The second kappa shape index (κ2) is 9.17. The van der Waals surface area contributed by atoms with Crippen LogP contribution in [-0.2, 0) is 0 Å². The molecule has 0 bridgehead atoms. The number of carbonyl (C=O) groups is 1. The van der Waals surface area contributed by atoms with Crippen molar-refractivity contribution in [1.29, 1.82) is 0 Å². The smallest absolute Gasteiger partial charge is 0.257 e. The van der Waals surface area contributed by atoms with Crippen molar-refractivity contribution in [3.63, 3.8) is 0 Å². The van der Waals surface area contributed by atoms with Crippen molar-refractivity contribution in [3.8, 4) is 0 Å². The summed E-state index contributed by atoms with van der Waals surface area (Å²) < 4.78 is 68.2. The molecule has 1 heterocycles. The van der Waals surface area contributed by atoms with Gasteiger partial charge in [-0.3, -0.25) is 10.1 Å². The lowest BCUT2D eigenvalue weighted by molar-refractivity contribution is 0.0973. The SMILES string of the molecule is CC(C)c1ccc(C(=O)NC(=S)N2CCN(c3c(F)c(F)c(F)c(F)c3F)CC2)cc1. The maximum atomic E-state index is 14.0. The predicted octanol–water partition coefficient (Wildman–Crippen LogP) is 4.34. The second-order valence-corrected chi connectivity index (χ2v) is 7.82. The lowest BCUT2D eigenvalue weighted by atomic mass is 10.0. The van der Waals surface area contributed by atoms with Gasteiger partial charge < -0.3 is 9.80 Å². The van der Waals surface area contributed by atoms with Gasteiger partial charge in [0.25, 0.3) is 5.91 Å². The van der Waals surface area contributed by atoms with Crippen LogP contribution in [0, 0.1) is 29.1 Å². The Morgan fingerprint density at radius 2 is 1.35 bits per heavy atom. The average molecular weight is 457 g/mol. The fourth-order valence-corrected chi connectivity index (χ4v) is 3.55. The molecule has 0 saturated carbocycles. The molecule has 0 unspecified atom stereocenters. The van der Waals surface area contributed by atoms with Crippen LogP contribution in [0.4, 0.5) is 27.6 Å². The Labute approximate surface area is 181 Å². The number of anilines is 1. The van der Waals surface area contributed by atoms with Crippen LogP contribution < -0.4 is 10.2 Å². The molecule has 31 heavy (non-hydrogen) atoms. The molecule has 0 aliphatic carbocycles. The summed E-state index contributed by atoms with van der Waals surface area (Å²) in [5, 5.41) is 2.72. The van der Waals surface area contributed by atoms with Crippen molar-refractivity contribution in [1.82, 2.24) is 10.2 Å². The molecule has 0 atom stereocenters. The number of nitrogens with one attached hydrogen (secondary N) is 1. The first-order valence-electron chi connectivity index (χ1n) is 9.58. The van der Waals surface area contributed by atoms with Gasteiger partial charge in [-0.1, -0.05) is 26.0 Å². The second-order valence-electron chi connectivity index (χ2n) is 7.43. The summed E-state index contributed by atoms with van der Waals surface area (Å²) in [6.07, 6.45) is 0. The van der Waals surface area contributed by atoms with E-state index in [2.05, 4.69) is 5.32 Å². The number of hydrogen-bond acceptors (Lipinski definition) is 3. The van der Waals surface area contributed by atoms with E-state index < -0.39 is 40.7 Å². The molecule has 0 aromatic heterocycles. The Bertz CT molecular complexity index is 976. The lowest BCUT2D eigenvalue weighted by Crippen LogP contribution is -2.53. The molecule has 10 heteroatoms. The van der Waals surface area contributed by atoms with Crippen molar-refractivity contribution in [2.75, 3.05) is 31.1 Å². The molecule has 0 radical (unpaired) electrons. The van der Waals surface area contributed by atoms with Gasteiger partial charge in [-0.2, -0.15) is 0 Å². The van der Waals surface area contributed by atoms with Crippen LogP contribution in [-0.4, -0.2) is 42.1 Å². The molecule has 2 aromatic rings. The molecule has 3 rings (SSSR count). The zero-order valence-corrected chi connectivity index (χ0v) is 17.6. The largest absolute Gasteiger partial charge is 0.363 e. The van der Waals surface area contributed by atoms with Gasteiger partial charge in [-0.05, 0) is 35.8 Å². The number of halogens is 5. The van der Waals surface area contributed by atoms with Gasteiger partial charge in [0.15, 0.2) is 28.4 Å². The van der Waals surface area contributed by atoms with Gasteiger partial charge in [-0.15, -0.1) is 0 Å². The van der Waals surface area contributed by atoms with Crippen LogP contribution in [0.25, 0.3) is 0 Å². The predicted molar refractivity (Wildman–Crippen MR) is 111 cm³/mol. The van der Waals surface area contributed by atoms with E-state index in [1.165, 1.54) is 0 Å². The summed E-state index contributed by atoms with van der Waals surface area (Å²) in [4.78, 5) is 15.1. The topological polar surface area (TPSA) is 35.6 Å². The normalized spacial score (nSPS) is 14.2. The molecule has 1 aliphatic heterocycles. The number of carbonyl (C=O) groups excluding carboxylic acids is 1. The number of piperazine rings is 1. The highest BCUT2D eigenvalue weighted by Gasteiger charge is 2.31. The van der Waals surface area contributed by atoms with Crippen LogP contribution >= 0.6 is 12.2 Å². The summed E-state index contributed by atoms with van der Waals surface area (Å²) in [6, 6.07) is 7.08. The van der Waals surface area contributed by atoms with E-state index >= 15 is 0 Å². The molecule has 0 spiro atoms. The van der Waals surface area contributed by atoms with Gasteiger partial charge in [0, 0.05) is 31.7 Å². The Morgan fingerprint density at radius 3 is 1.84 bits per heavy atom. The molecule has 1 aliphatic rings. The minimum absolute atomic E-state index is 0.0442. The van der Waals surface area contributed by atoms with Crippen molar-refractivity contribution in [2.24, 2.45) is 0 Å². The van der Waals surface area contributed by atoms with Crippen LogP contribution in [0.5, 0.6) is 0 Å². The van der Waals surface area contributed by atoms with Gasteiger partial charge in [0.05, 0.1) is 0 Å². The number of amides is 1. The van der Waals surface area contributed by atoms with Crippen LogP contribution in [0.3, 0.4) is 0 Å². The van der Waals surface area contributed by atoms with Gasteiger partial charge in [0.2, 0.25) is 5.82 Å². The number of nitrogens with zero attached hydrogens (tertiary/aromatic N) is 2. The molecule has 1 saturated heterocycles.